The van der Waals surface area contributed by atoms with Crippen molar-refractivity contribution in [1.82, 2.24) is 29.4 Å². The molecule has 0 aliphatic carbocycles. The number of aromatic amines is 1. The number of rotatable bonds is 2. The predicted octanol–water partition coefficient (Wildman–Crippen LogP) is 0.0832. The van der Waals surface area contributed by atoms with Crippen LogP contribution in [0.15, 0.2) is 15.5 Å². The molecular weight excluding hydrogens is 300 g/mol. The third-order valence-corrected chi connectivity index (χ3v) is 3.73. The summed E-state index contributed by atoms with van der Waals surface area (Å²) in [4.78, 5) is 13.6. The molecule has 0 fully saturated rings. The summed E-state index contributed by atoms with van der Waals surface area (Å²) in [5.74, 6) is 0.790. The van der Waals surface area contributed by atoms with Crippen LogP contribution in [0.5, 0.6) is 0 Å². The van der Waals surface area contributed by atoms with Crippen LogP contribution in [-0.4, -0.2) is 36.0 Å². The second-order valence-corrected chi connectivity index (χ2v) is 5.26. The van der Waals surface area contributed by atoms with Crippen LogP contribution < -0.4 is 5.69 Å². The summed E-state index contributed by atoms with van der Waals surface area (Å²) in [5.41, 5.74) is 0.882. The van der Waals surface area contributed by atoms with Gasteiger partial charge < -0.3 is 0 Å². The first kappa shape index (κ1) is 11.7. The summed E-state index contributed by atoms with van der Waals surface area (Å²) in [6.45, 7) is 2.93. The number of halogens is 1. The molecule has 0 saturated heterocycles. The van der Waals surface area contributed by atoms with Gasteiger partial charge in [0.05, 0.1) is 16.7 Å². The third-order valence-electron chi connectivity index (χ3n) is 3.07. The Morgan fingerprint density at radius 2 is 2.33 bits per heavy atom. The fraction of sp³-hybridized carbons (Fsp3) is 0.500. The van der Waals surface area contributed by atoms with Gasteiger partial charge in [-0.3, -0.25) is 14.1 Å². The van der Waals surface area contributed by atoms with Gasteiger partial charge in [-0.1, -0.05) is 0 Å². The molecule has 96 valence electrons. The summed E-state index contributed by atoms with van der Waals surface area (Å²) >= 11 is 3.49. The van der Waals surface area contributed by atoms with E-state index in [2.05, 4.69) is 36.1 Å². The quantitative estimate of drug-likeness (QED) is 0.852. The first-order valence-corrected chi connectivity index (χ1v) is 6.47. The molecule has 1 aliphatic heterocycles. The van der Waals surface area contributed by atoms with Crippen molar-refractivity contribution in [3.05, 3.63) is 32.7 Å². The summed E-state index contributed by atoms with van der Waals surface area (Å²) in [7, 11) is 1.90. The Balaban J connectivity index is 1.77. The second kappa shape index (κ2) is 4.36. The molecule has 0 bridgehead atoms. The number of nitrogens with one attached hydrogen (secondary N) is 1. The fourth-order valence-electron chi connectivity index (χ4n) is 2.18. The zero-order valence-electron chi connectivity index (χ0n) is 9.93. The number of H-pyrrole nitrogens is 1. The molecule has 7 nitrogen and oxygen atoms in total. The van der Waals surface area contributed by atoms with Crippen LogP contribution in [0.1, 0.15) is 11.5 Å². The number of aromatic nitrogens is 5. The van der Waals surface area contributed by atoms with E-state index in [-0.39, 0.29) is 5.69 Å². The smallest absolute Gasteiger partial charge is 0.288 e. The minimum atomic E-state index is -0.122. The van der Waals surface area contributed by atoms with Crippen LogP contribution in [0.4, 0.5) is 0 Å². The maximum atomic E-state index is 11.4. The van der Waals surface area contributed by atoms with Crippen molar-refractivity contribution in [2.24, 2.45) is 7.05 Å². The molecule has 0 aromatic carbocycles. The van der Waals surface area contributed by atoms with Crippen molar-refractivity contribution in [1.29, 1.82) is 0 Å². The van der Waals surface area contributed by atoms with Crippen LogP contribution in [0, 0.1) is 0 Å². The SMILES string of the molecule is Cn1cc(Br)c(CN2CCn3c(n[nH]c3=O)C2)n1. The largest absolute Gasteiger partial charge is 0.343 e. The van der Waals surface area contributed by atoms with E-state index in [0.29, 0.717) is 13.1 Å². The maximum Gasteiger partial charge on any atom is 0.343 e. The molecule has 0 radical (unpaired) electrons. The molecule has 3 heterocycles. The molecule has 0 amide bonds. The molecule has 3 rings (SSSR count). The van der Waals surface area contributed by atoms with Crippen molar-refractivity contribution < 1.29 is 0 Å². The monoisotopic (exact) mass is 312 g/mol. The van der Waals surface area contributed by atoms with E-state index in [1.807, 2.05) is 13.2 Å². The molecular formula is C10H13BrN6O. The Hall–Kier alpha value is -1.41. The van der Waals surface area contributed by atoms with E-state index in [1.165, 1.54) is 0 Å². The second-order valence-electron chi connectivity index (χ2n) is 4.40. The molecule has 0 atom stereocenters. The lowest BCUT2D eigenvalue weighted by atomic mass is 10.3. The van der Waals surface area contributed by atoms with Gasteiger partial charge in [0.2, 0.25) is 0 Å². The number of hydrogen-bond acceptors (Lipinski definition) is 4. The average Bonchev–Trinajstić information content (AvgIpc) is 2.84. The first-order chi connectivity index (χ1) is 8.63. The Bertz CT molecular complexity index is 627. The molecule has 1 N–H and O–H groups in total. The highest BCUT2D eigenvalue weighted by molar-refractivity contribution is 9.10. The Labute approximate surface area is 112 Å². The topological polar surface area (TPSA) is 71.7 Å². The number of hydrogen-bond donors (Lipinski definition) is 1. The lowest BCUT2D eigenvalue weighted by molar-refractivity contribution is 0.204. The minimum Gasteiger partial charge on any atom is -0.288 e. The number of fused-ring (bicyclic) bond motifs is 1. The van der Waals surface area contributed by atoms with E-state index < -0.39 is 0 Å². The van der Waals surface area contributed by atoms with Crippen LogP contribution in [0.3, 0.4) is 0 Å². The van der Waals surface area contributed by atoms with Gasteiger partial charge in [0.25, 0.3) is 0 Å². The normalized spacial score (nSPS) is 15.9. The predicted molar refractivity (Wildman–Crippen MR) is 67.9 cm³/mol. The van der Waals surface area contributed by atoms with Crippen molar-refractivity contribution in [2.75, 3.05) is 6.54 Å². The Kier molecular flexibility index (Phi) is 2.83. The lowest BCUT2D eigenvalue weighted by Crippen LogP contribution is -2.36. The highest BCUT2D eigenvalue weighted by Crippen LogP contribution is 2.18. The van der Waals surface area contributed by atoms with Crippen molar-refractivity contribution >= 4 is 15.9 Å². The van der Waals surface area contributed by atoms with E-state index in [4.69, 9.17) is 0 Å². The zero-order chi connectivity index (χ0) is 12.7. The van der Waals surface area contributed by atoms with Gasteiger partial charge in [0, 0.05) is 32.9 Å². The van der Waals surface area contributed by atoms with Gasteiger partial charge in [0.15, 0.2) is 0 Å². The number of aryl methyl sites for hydroxylation is 1. The highest BCUT2D eigenvalue weighted by Gasteiger charge is 2.20. The Morgan fingerprint density at radius 1 is 1.50 bits per heavy atom. The molecule has 0 saturated carbocycles. The zero-order valence-corrected chi connectivity index (χ0v) is 11.5. The van der Waals surface area contributed by atoms with Gasteiger partial charge in [-0.25, -0.2) is 9.89 Å². The molecule has 0 spiro atoms. The summed E-state index contributed by atoms with van der Waals surface area (Å²) < 4.78 is 4.48. The van der Waals surface area contributed by atoms with Crippen LogP contribution in [0.25, 0.3) is 0 Å². The van der Waals surface area contributed by atoms with Gasteiger partial charge in [-0.2, -0.15) is 10.2 Å². The standard InChI is InChI=1S/C10H13BrN6O/c1-15-4-7(11)8(14-15)5-16-2-3-17-9(6-16)12-13-10(17)18/h4H,2-3,5-6H2,1H3,(H,13,18). The molecule has 0 unspecified atom stereocenters. The van der Waals surface area contributed by atoms with Crippen LogP contribution in [-0.2, 0) is 26.7 Å². The van der Waals surface area contributed by atoms with Crippen molar-refractivity contribution in [3.63, 3.8) is 0 Å². The molecule has 18 heavy (non-hydrogen) atoms. The van der Waals surface area contributed by atoms with E-state index in [9.17, 15) is 4.79 Å². The van der Waals surface area contributed by atoms with Crippen molar-refractivity contribution in [2.45, 2.75) is 19.6 Å². The van der Waals surface area contributed by atoms with Gasteiger partial charge >= 0.3 is 5.69 Å². The van der Waals surface area contributed by atoms with E-state index in [0.717, 1.165) is 29.1 Å². The fourth-order valence-corrected chi connectivity index (χ4v) is 2.68. The Morgan fingerprint density at radius 3 is 3.06 bits per heavy atom. The number of nitrogens with zero attached hydrogens (tertiary/aromatic N) is 5. The molecule has 2 aromatic rings. The van der Waals surface area contributed by atoms with Crippen LogP contribution >= 0.6 is 15.9 Å². The summed E-state index contributed by atoms with van der Waals surface area (Å²) in [6, 6.07) is 0. The van der Waals surface area contributed by atoms with Crippen molar-refractivity contribution in [3.8, 4) is 0 Å². The van der Waals surface area contributed by atoms with Gasteiger partial charge in [0.1, 0.15) is 5.82 Å². The third kappa shape index (κ3) is 2.01. The van der Waals surface area contributed by atoms with E-state index >= 15 is 0 Å². The maximum absolute atomic E-state index is 11.4. The first-order valence-electron chi connectivity index (χ1n) is 5.68. The summed E-state index contributed by atoms with van der Waals surface area (Å²) in [6.07, 6.45) is 1.93. The summed E-state index contributed by atoms with van der Waals surface area (Å²) in [5, 5.41) is 10.9. The van der Waals surface area contributed by atoms with Crippen LogP contribution in [0.2, 0.25) is 0 Å². The highest BCUT2D eigenvalue weighted by atomic mass is 79.9. The molecule has 2 aromatic heterocycles. The molecule has 8 heteroatoms. The lowest BCUT2D eigenvalue weighted by Gasteiger charge is -2.25. The minimum absolute atomic E-state index is 0.122. The van der Waals surface area contributed by atoms with Gasteiger partial charge in [-0.15, -0.1) is 0 Å². The average molecular weight is 313 g/mol. The van der Waals surface area contributed by atoms with E-state index in [1.54, 1.807) is 9.25 Å². The molecule has 1 aliphatic rings. The van der Waals surface area contributed by atoms with Gasteiger partial charge in [-0.05, 0) is 15.9 Å².